The maximum atomic E-state index is 10.9. The summed E-state index contributed by atoms with van der Waals surface area (Å²) in [5.74, 6) is 1.56. The summed E-state index contributed by atoms with van der Waals surface area (Å²) >= 11 is 0. The van der Waals surface area contributed by atoms with Crippen LogP contribution in [0.3, 0.4) is 0 Å². The van der Waals surface area contributed by atoms with Crippen molar-refractivity contribution in [2.75, 3.05) is 5.32 Å². The van der Waals surface area contributed by atoms with Crippen LogP contribution < -0.4 is 5.32 Å². The molecule has 5 heteroatoms. The first-order valence-electron chi connectivity index (χ1n) is 7.23. The van der Waals surface area contributed by atoms with Crippen molar-refractivity contribution in [3.8, 4) is 0 Å². The Morgan fingerprint density at radius 3 is 2.68 bits per heavy atom. The molecule has 19 heavy (non-hydrogen) atoms. The van der Waals surface area contributed by atoms with Gasteiger partial charge in [-0.1, -0.05) is 38.2 Å². The zero-order valence-corrected chi connectivity index (χ0v) is 11.8. The Morgan fingerprint density at radius 1 is 1.32 bits per heavy atom. The number of nitrogens with one attached hydrogen (secondary N) is 1. The minimum absolute atomic E-state index is 0.200. The molecule has 1 aromatic heterocycles. The van der Waals surface area contributed by atoms with E-state index in [0.29, 0.717) is 17.8 Å². The van der Waals surface area contributed by atoms with E-state index in [0.717, 1.165) is 12.7 Å². The summed E-state index contributed by atoms with van der Waals surface area (Å²) in [6.07, 6.45) is 8.23. The number of hydrogen-bond acceptors (Lipinski definition) is 5. The van der Waals surface area contributed by atoms with Crippen molar-refractivity contribution in [2.24, 2.45) is 11.8 Å². The second-order valence-electron chi connectivity index (χ2n) is 5.76. The van der Waals surface area contributed by atoms with Crippen LogP contribution in [0.4, 0.5) is 6.01 Å². The Labute approximate surface area is 114 Å². The molecule has 0 spiro atoms. The average Bonchev–Trinajstić information content (AvgIpc) is 2.84. The number of carbonyl (C=O) groups excluding carboxylic acids is 1. The molecule has 0 bridgehead atoms. The maximum absolute atomic E-state index is 10.9. The van der Waals surface area contributed by atoms with Crippen LogP contribution in [-0.4, -0.2) is 22.5 Å². The Morgan fingerprint density at radius 2 is 2.05 bits per heavy atom. The fraction of sp³-hybridized carbons (Fsp3) is 0.786. The lowest BCUT2D eigenvalue weighted by Gasteiger charge is -2.19. The van der Waals surface area contributed by atoms with Gasteiger partial charge in [0.15, 0.2) is 0 Å². The molecule has 1 unspecified atom stereocenters. The molecule has 0 aliphatic heterocycles. The van der Waals surface area contributed by atoms with E-state index in [1.165, 1.54) is 32.1 Å². The molecule has 1 aliphatic rings. The molecule has 1 N–H and O–H groups in total. The number of carbonyl (C=O) groups is 1. The van der Waals surface area contributed by atoms with Gasteiger partial charge < -0.3 is 14.5 Å². The van der Waals surface area contributed by atoms with Crippen LogP contribution in [0.1, 0.15) is 51.8 Å². The van der Waals surface area contributed by atoms with Gasteiger partial charge in [0.05, 0.1) is 6.04 Å². The van der Waals surface area contributed by atoms with Crippen molar-refractivity contribution in [1.29, 1.82) is 0 Å². The summed E-state index contributed by atoms with van der Waals surface area (Å²) in [7, 11) is 0. The molecule has 0 aromatic carbocycles. The van der Waals surface area contributed by atoms with Gasteiger partial charge in [0.25, 0.3) is 0 Å². The quantitative estimate of drug-likeness (QED) is 0.801. The summed E-state index contributed by atoms with van der Waals surface area (Å²) in [5, 5.41) is 11.0. The Bertz CT molecular complexity index is 397. The third kappa shape index (κ3) is 4.04. The zero-order valence-electron chi connectivity index (χ0n) is 11.8. The molecular formula is C14H23N3O2. The molecule has 1 saturated carbocycles. The van der Waals surface area contributed by atoms with Gasteiger partial charge in [0.2, 0.25) is 5.89 Å². The van der Waals surface area contributed by atoms with Crippen LogP contribution in [0.5, 0.6) is 0 Å². The number of anilines is 1. The summed E-state index contributed by atoms with van der Waals surface area (Å²) in [5.41, 5.74) is 0. The second-order valence-corrected chi connectivity index (χ2v) is 5.76. The molecule has 1 atom stereocenters. The molecule has 106 valence electrons. The standard InChI is InChI=1S/C14H23N3O2/c1-10(2)12(9-18)15-14-17-16-13(19-14)8-11-6-4-3-5-7-11/h9-12H,3-8H2,1-2H3,(H,15,17). The Balaban J connectivity index is 1.89. The van der Waals surface area contributed by atoms with Crippen LogP contribution in [0.25, 0.3) is 0 Å². The van der Waals surface area contributed by atoms with Crippen molar-refractivity contribution in [1.82, 2.24) is 10.2 Å². The summed E-state index contributed by atoms with van der Waals surface area (Å²) in [6.45, 7) is 3.96. The first-order chi connectivity index (χ1) is 9.19. The van der Waals surface area contributed by atoms with E-state index in [-0.39, 0.29) is 12.0 Å². The Hall–Kier alpha value is -1.39. The first-order valence-corrected chi connectivity index (χ1v) is 7.23. The number of aldehydes is 1. The monoisotopic (exact) mass is 265 g/mol. The predicted molar refractivity (Wildman–Crippen MR) is 72.9 cm³/mol. The third-order valence-electron chi connectivity index (χ3n) is 3.81. The minimum atomic E-state index is -0.275. The number of rotatable bonds is 6. The van der Waals surface area contributed by atoms with Crippen molar-refractivity contribution >= 4 is 12.3 Å². The van der Waals surface area contributed by atoms with Crippen molar-refractivity contribution in [3.05, 3.63) is 5.89 Å². The summed E-state index contributed by atoms with van der Waals surface area (Å²) in [6, 6.07) is 0.0830. The van der Waals surface area contributed by atoms with E-state index in [2.05, 4.69) is 15.5 Å². The fourth-order valence-corrected chi connectivity index (χ4v) is 2.53. The lowest BCUT2D eigenvalue weighted by Crippen LogP contribution is -2.27. The highest BCUT2D eigenvalue weighted by atomic mass is 16.4. The lowest BCUT2D eigenvalue weighted by atomic mass is 9.87. The van der Waals surface area contributed by atoms with E-state index in [1.807, 2.05) is 13.8 Å². The van der Waals surface area contributed by atoms with Crippen molar-refractivity contribution in [2.45, 2.75) is 58.4 Å². The topological polar surface area (TPSA) is 68.0 Å². The molecule has 1 heterocycles. The highest BCUT2D eigenvalue weighted by molar-refractivity contribution is 5.62. The molecule has 5 nitrogen and oxygen atoms in total. The van der Waals surface area contributed by atoms with Gasteiger partial charge in [-0.2, -0.15) is 0 Å². The van der Waals surface area contributed by atoms with Crippen molar-refractivity contribution in [3.63, 3.8) is 0 Å². The predicted octanol–water partition coefficient (Wildman–Crippen LogP) is 2.83. The van der Waals surface area contributed by atoms with E-state index in [4.69, 9.17) is 4.42 Å². The minimum Gasteiger partial charge on any atom is -0.408 e. The molecule has 1 aliphatic carbocycles. The van der Waals surface area contributed by atoms with Gasteiger partial charge in [-0.3, -0.25) is 0 Å². The van der Waals surface area contributed by atoms with Gasteiger partial charge in [0.1, 0.15) is 6.29 Å². The molecule has 0 saturated heterocycles. The van der Waals surface area contributed by atoms with Gasteiger partial charge in [-0.25, -0.2) is 0 Å². The molecule has 0 radical (unpaired) electrons. The summed E-state index contributed by atoms with van der Waals surface area (Å²) < 4.78 is 5.58. The molecule has 1 fully saturated rings. The highest BCUT2D eigenvalue weighted by Crippen LogP contribution is 2.26. The molecular weight excluding hydrogens is 242 g/mol. The van der Waals surface area contributed by atoms with Crippen LogP contribution >= 0.6 is 0 Å². The lowest BCUT2D eigenvalue weighted by molar-refractivity contribution is -0.109. The van der Waals surface area contributed by atoms with E-state index >= 15 is 0 Å². The molecule has 1 aromatic rings. The van der Waals surface area contributed by atoms with Crippen molar-refractivity contribution < 1.29 is 9.21 Å². The van der Waals surface area contributed by atoms with Gasteiger partial charge in [-0.15, -0.1) is 5.10 Å². The summed E-state index contributed by atoms with van der Waals surface area (Å²) in [4.78, 5) is 10.9. The normalized spacial score (nSPS) is 18.5. The van der Waals surface area contributed by atoms with Gasteiger partial charge in [-0.05, 0) is 24.7 Å². The van der Waals surface area contributed by atoms with Gasteiger partial charge in [0, 0.05) is 6.42 Å². The number of aromatic nitrogens is 2. The van der Waals surface area contributed by atoms with E-state index < -0.39 is 0 Å². The molecule has 2 rings (SSSR count). The fourth-order valence-electron chi connectivity index (χ4n) is 2.53. The SMILES string of the molecule is CC(C)C(C=O)Nc1nnc(CC2CCCCC2)o1. The zero-order chi connectivity index (χ0) is 13.7. The van der Waals surface area contributed by atoms with E-state index in [1.54, 1.807) is 0 Å². The van der Waals surface area contributed by atoms with Crippen LogP contribution in [-0.2, 0) is 11.2 Å². The van der Waals surface area contributed by atoms with Crippen LogP contribution in [0.15, 0.2) is 4.42 Å². The van der Waals surface area contributed by atoms with E-state index in [9.17, 15) is 4.79 Å². The molecule has 0 amide bonds. The highest BCUT2D eigenvalue weighted by Gasteiger charge is 2.19. The third-order valence-corrected chi connectivity index (χ3v) is 3.81. The largest absolute Gasteiger partial charge is 0.408 e. The average molecular weight is 265 g/mol. The Kier molecular flexibility index (Phi) is 4.93. The first kappa shape index (κ1) is 14.0. The van der Waals surface area contributed by atoms with Gasteiger partial charge >= 0.3 is 6.01 Å². The second kappa shape index (κ2) is 6.68. The van der Waals surface area contributed by atoms with Crippen LogP contribution in [0, 0.1) is 11.8 Å². The number of nitrogens with zero attached hydrogens (tertiary/aromatic N) is 2. The smallest absolute Gasteiger partial charge is 0.316 e. The number of hydrogen-bond donors (Lipinski definition) is 1. The maximum Gasteiger partial charge on any atom is 0.316 e. The van der Waals surface area contributed by atoms with Crippen LogP contribution in [0.2, 0.25) is 0 Å².